The van der Waals surface area contributed by atoms with Crippen LogP contribution in [0.25, 0.3) is 11.0 Å². The number of carbonyl (C=O) groups is 2. The second-order valence-electron chi connectivity index (χ2n) is 7.33. The van der Waals surface area contributed by atoms with E-state index in [0.717, 1.165) is 29.7 Å². The molecule has 1 aliphatic heterocycles. The number of benzene rings is 2. The minimum atomic E-state index is -0.397. The van der Waals surface area contributed by atoms with Gasteiger partial charge in [-0.3, -0.25) is 9.59 Å². The Hall–Kier alpha value is -3.15. The number of aromatic amines is 1. The van der Waals surface area contributed by atoms with E-state index in [1.54, 1.807) is 24.3 Å². The average Bonchev–Trinajstić information content (AvgIpc) is 3.10. The van der Waals surface area contributed by atoms with Crippen LogP contribution in [0.1, 0.15) is 47.4 Å². The number of fused-ring (bicyclic) bond motifs is 1. The zero-order valence-electron chi connectivity index (χ0n) is 16.1. The molecule has 6 heteroatoms. The van der Waals surface area contributed by atoms with Crippen molar-refractivity contribution in [1.82, 2.24) is 14.9 Å². The number of hydrogen-bond donors (Lipinski definition) is 1. The molecule has 0 atom stereocenters. The Kier molecular flexibility index (Phi) is 4.86. The highest BCUT2D eigenvalue weighted by Gasteiger charge is 2.26. The van der Waals surface area contributed by atoms with E-state index < -0.39 is 5.97 Å². The molecule has 0 unspecified atom stereocenters. The number of piperidine rings is 1. The Morgan fingerprint density at radius 2 is 1.93 bits per heavy atom. The summed E-state index contributed by atoms with van der Waals surface area (Å²) < 4.78 is 5.08. The third-order valence-electron chi connectivity index (χ3n) is 5.17. The second kappa shape index (κ2) is 7.46. The predicted molar refractivity (Wildman–Crippen MR) is 106 cm³/mol. The molecule has 1 fully saturated rings. The Balaban J connectivity index is 1.43. The number of carbonyl (C=O) groups excluding carboxylic acids is 2. The number of rotatable bonds is 3. The van der Waals surface area contributed by atoms with Crippen LogP contribution in [-0.4, -0.2) is 39.8 Å². The minimum Gasteiger partial charge on any atom is -0.427 e. The standard InChI is InChI=1S/C22H23N3O3/c1-14-6-7-19-20(12-14)24-21(23-19)16-8-10-25(11-9-16)22(27)17-4-3-5-18(13-17)28-15(2)26/h3-7,12-13,16H,8-11H2,1-2H3,(H,23,24). The largest absolute Gasteiger partial charge is 0.427 e. The molecule has 6 nitrogen and oxygen atoms in total. The molecule has 4 rings (SSSR count). The summed E-state index contributed by atoms with van der Waals surface area (Å²) in [6.45, 7) is 4.77. The maximum Gasteiger partial charge on any atom is 0.308 e. The van der Waals surface area contributed by atoms with Gasteiger partial charge in [0.15, 0.2) is 0 Å². The highest BCUT2D eigenvalue weighted by atomic mass is 16.5. The van der Waals surface area contributed by atoms with Crippen molar-refractivity contribution in [2.75, 3.05) is 13.1 Å². The molecular weight excluding hydrogens is 354 g/mol. The van der Waals surface area contributed by atoms with E-state index in [2.05, 4.69) is 24.0 Å². The van der Waals surface area contributed by atoms with Crippen molar-refractivity contribution in [2.45, 2.75) is 32.6 Å². The molecule has 0 aliphatic carbocycles. The average molecular weight is 377 g/mol. The van der Waals surface area contributed by atoms with E-state index in [0.29, 0.717) is 30.3 Å². The third-order valence-corrected chi connectivity index (χ3v) is 5.17. The summed E-state index contributed by atoms with van der Waals surface area (Å²) in [5, 5.41) is 0. The summed E-state index contributed by atoms with van der Waals surface area (Å²) in [4.78, 5) is 34.0. The van der Waals surface area contributed by atoms with Crippen molar-refractivity contribution < 1.29 is 14.3 Å². The number of aryl methyl sites for hydroxylation is 1. The lowest BCUT2D eigenvalue weighted by molar-refractivity contribution is -0.131. The number of imidazole rings is 1. The van der Waals surface area contributed by atoms with Crippen LogP contribution in [0, 0.1) is 6.92 Å². The highest BCUT2D eigenvalue weighted by Crippen LogP contribution is 2.29. The first-order valence-corrected chi connectivity index (χ1v) is 9.53. The van der Waals surface area contributed by atoms with Gasteiger partial charge < -0.3 is 14.6 Å². The molecular formula is C22H23N3O3. The fourth-order valence-electron chi connectivity index (χ4n) is 3.73. The molecule has 2 heterocycles. The zero-order valence-corrected chi connectivity index (χ0v) is 16.1. The number of nitrogens with one attached hydrogen (secondary N) is 1. The van der Waals surface area contributed by atoms with Gasteiger partial charge in [-0.05, 0) is 55.7 Å². The molecule has 0 saturated carbocycles. The number of likely N-dealkylation sites (tertiary alicyclic amines) is 1. The van der Waals surface area contributed by atoms with E-state index in [9.17, 15) is 9.59 Å². The van der Waals surface area contributed by atoms with Crippen molar-refractivity contribution in [3.8, 4) is 5.75 Å². The number of amides is 1. The van der Waals surface area contributed by atoms with Gasteiger partial charge in [0, 0.05) is 31.5 Å². The summed E-state index contributed by atoms with van der Waals surface area (Å²) in [6, 6.07) is 13.0. The highest BCUT2D eigenvalue weighted by molar-refractivity contribution is 5.94. The number of H-pyrrole nitrogens is 1. The smallest absolute Gasteiger partial charge is 0.308 e. The van der Waals surface area contributed by atoms with E-state index in [-0.39, 0.29) is 5.91 Å². The van der Waals surface area contributed by atoms with Crippen molar-refractivity contribution in [3.63, 3.8) is 0 Å². The SMILES string of the molecule is CC(=O)Oc1cccc(C(=O)N2CCC(c3nc4ccc(C)cc4[nH]3)CC2)c1. The summed E-state index contributed by atoms with van der Waals surface area (Å²) >= 11 is 0. The third kappa shape index (κ3) is 3.76. The number of hydrogen-bond acceptors (Lipinski definition) is 4. The van der Waals surface area contributed by atoms with E-state index >= 15 is 0 Å². The Bertz CT molecular complexity index is 1030. The molecule has 1 amide bonds. The molecule has 28 heavy (non-hydrogen) atoms. The van der Waals surface area contributed by atoms with E-state index in [1.165, 1.54) is 12.5 Å². The van der Waals surface area contributed by atoms with Crippen LogP contribution >= 0.6 is 0 Å². The van der Waals surface area contributed by atoms with Gasteiger partial charge in [-0.1, -0.05) is 12.1 Å². The minimum absolute atomic E-state index is 0.0346. The van der Waals surface area contributed by atoms with Crippen LogP contribution in [-0.2, 0) is 4.79 Å². The number of nitrogens with zero attached hydrogens (tertiary/aromatic N) is 2. The Morgan fingerprint density at radius 1 is 1.14 bits per heavy atom. The van der Waals surface area contributed by atoms with Crippen LogP contribution in [0.3, 0.4) is 0 Å². The molecule has 1 aliphatic rings. The number of ether oxygens (including phenoxy) is 1. The topological polar surface area (TPSA) is 75.3 Å². The normalized spacial score (nSPS) is 15.0. The summed E-state index contributed by atoms with van der Waals surface area (Å²) in [7, 11) is 0. The van der Waals surface area contributed by atoms with Crippen LogP contribution in [0.15, 0.2) is 42.5 Å². The first-order chi connectivity index (χ1) is 13.5. The lowest BCUT2D eigenvalue weighted by atomic mass is 9.95. The molecule has 2 aromatic carbocycles. The molecule has 3 aromatic rings. The van der Waals surface area contributed by atoms with Gasteiger partial charge in [-0.25, -0.2) is 4.98 Å². The van der Waals surface area contributed by atoms with Crippen molar-refractivity contribution in [2.24, 2.45) is 0 Å². The van der Waals surface area contributed by atoms with Gasteiger partial charge in [-0.2, -0.15) is 0 Å². The van der Waals surface area contributed by atoms with Gasteiger partial charge in [0.1, 0.15) is 11.6 Å². The molecule has 1 saturated heterocycles. The molecule has 144 valence electrons. The summed E-state index contributed by atoms with van der Waals surface area (Å²) in [5.41, 5.74) is 3.80. The maximum atomic E-state index is 12.8. The van der Waals surface area contributed by atoms with E-state index in [1.807, 2.05) is 11.0 Å². The first-order valence-electron chi connectivity index (χ1n) is 9.53. The maximum absolute atomic E-state index is 12.8. The predicted octanol–water partition coefficient (Wildman–Crippen LogP) is 3.82. The van der Waals surface area contributed by atoms with Crippen molar-refractivity contribution in [1.29, 1.82) is 0 Å². The van der Waals surface area contributed by atoms with Gasteiger partial charge in [-0.15, -0.1) is 0 Å². The lowest BCUT2D eigenvalue weighted by Gasteiger charge is -2.31. The van der Waals surface area contributed by atoms with Crippen molar-refractivity contribution >= 4 is 22.9 Å². The van der Waals surface area contributed by atoms with E-state index in [4.69, 9.17) is 9.72 Å². The van der Waals surface area contributed by atoms with Crippen LogP contribution in [0.4, 0.5) is 0 Å². The summed E-state index contributed by atoms with van der Waals surface area (Å²) in [6.07, 6.45) is 1.74. The monoisotopic (exact) mass is 377 g/mol. The van der Waals surface area contributed by atoms with Gasteiger partial charge in [0.25, 0.3) is 5.91 Å². The fraction of sp³-hybridized carbons (Fsp3) is 0.318. The van der Waals surface area contributed by atoms with Crippen LogP contribution in [0.5, 0.6) is 5.75 Å². The zero-order chi connectivity index (χ0) is 19.7. The molecule has 0 spiro atoms. The second-order valence-corrected chi connectivity index (χ2v) is 7.33. The lowest BCUT2D eigenvalue weighted by Crippen LogP contribution is -2.38. The summed E-state index contributed by atoms with van der Waals surface area (Å²) in [5.74, 6) is 1.29. The Morgan fingerprint density at radius 3 is 2.68 bits per heavy atom. The molecule has 1 N–H and O–H groups in total. The van der Waals surface area contributed by atoms with Crippen molar-refractivity contribution in [3.05, 3.63) is 59.4 Å². The van der Waals surface area contributed by atoms with Gasteiger partial charge in [0.2, 0.25) is 0 Å². The molecule has 0 radical (unpaired) electrons. The van der Waals surface area contributed by atoms with Gasteiger partial charge >= 0.3 is 5.97 Å². The van der Waals surface area contributed by atoms with Crippen LogP contribution < -0.4 is 4.74 Å². The number of esters is 1. The molecule has 0 bridgehead atoms. The van der Waals surface area contributed by atoms with Crippen LogP contribution in [0.2, 0.25) is 0 Å². The quantitative estimate of drug-likeness (QED) is 0.556. The molecule has 1 aromatic heterocycles. The van der Waals surface area contributed by atoms with Gasteiger partial charge in [0.05, 0.1) is 11.0 Å². The Labute approximate surface area is 163 Å². The fourth-order valence-corrected chi connectivity index (χ4v) is 3.73. The first kappa shape index (κ1) is 18.2. The number of aromatic nitrogens is 2.